The third-order valence-electron chi connectivity index (χ3n) is 6.26. The molecule has 9 heteroatoms. The number of aryl methyl sites for hydroxylation is 2. The van der Waals surface area contributed by atoms with E-state index in [0.29, 0.717) is 64.8 Å². The van der Waals surface area contributed by atoms with Crippen LogP contribution in [0.3, 0.4) is 0 Å². The molecule has 36 heavy (non-hydrogen) atoms. The predicted molar refractivity (Wildman–Crippen MR) is 146 cm³/mol. The Hall–Kier alpha value is -3.07. The van der Waals surface area contributed by atoms with Crippen LogP contribution in [0.25, 0.3) is 10.2 Å². The lowest BCUT2D eigenvalue weighted by atomic mass is 10.1. The molecule has 0 aliphatic carbocycles. The van der Waals surface area contributed by atoms with Gasteiger partial charge in [0.25, 0.3) is 11.5 Å². The summed E-state index contributed by atoms with van der Waals surface area (Å²) in [5, 5.41) is 0.923. The van der Waals surface area contributed by atoms with Gasteiger partial charge in [-0.05, 0) is 68.0 Å². The van der Waals surface area contributed by atoms with Crippen molar-refractivity contribution in [2.45, 2.75) is 46.2 Å². The number of aromatic nitrogens is 3. The van der Waals surface area contributed by atoms with Crippen molar-refractivity contribution in [3.63, 3.8) is 0 Å². The molecule has 0 saturated heterocycles. The fourth-order valence-electron chi connectivity index (χ4n) is 4.41. The van der Waals surface area contributed by atoms with Gasteiger partial charge in [0, 0.05) is 6.54 Å². The van der Waals surface area contributed by atoms with Crippen LogP contribution in [0.4, 0.5) is 0 Å². The minimum Gasteiger partial charge on any atom is -0.330 e. The number of carbonyl (C=O) groups excluding carboxylic acids is 1. The zero-order chi connectivity index (χ0) is 25.8. The lowest BCUT2D eigenvalue weighted by Crippen LogP contribution is -2.40. The topological polar surface area (TPSA) is 94.1 Å². The van der Waals surface area contributed by atoms with Crippen molar-refractivity contribution in [2.75, 3.05) is 13.1 Å². The summed E-state index contributed by atoms with van der Waals surface area (Å²) in [6.07, 6.45) is 1.17. The SMILES string of the molecule is CCC(c1nc2snc(C)c2c(=O)n1Cc1ccccc1)N(CCCN)C(=O)c1ccc(C)cc1Cl. The van der Waals surface area contributed by atoms with Crippen LogP contribution in [-0.2, 0) is 6.54 Å². The zero-order valence-electron chi connectivity index (χ0n) is 20.7. The molecule has 188 valence electrons. The van der Waals surface area contributed by atoms with E-state index in [9.17, 15) is 9.59 Å². The van der Waals surface area contributed by atoms with Gasteiger partial charge in [-0.1, -0.05) is 54.9 Å². The van der Waals surface area contributed by atoms with Crippen LogP contribution < -0.4 is 11.3 Å². The van der Waals surface area contributed by atoms with E-state index in [-0.39, 0.29) is 11.5 Å². The normalized spacial score (nSPS) is 12.1. The summed E-state index contributed by atoms with van der Waals surface area (Å²) >= 11 is 7.70. The lowest BCUT2D eigenvalue weighted by molar-refractivity contribution is 0.0656. The highest BCUT2D eigenvalue weighted by atomic mass is 35.5. The van der Waals surface area contributed by atoms with Gasteiger partial charge in [-0.3, -0.25) is 14.2 Å². The van der Waals surface area contributed by atoms with E-state index >= 15 is 0 Å². The van der Waals surface area contributed by atoms with Crippen LogP contribution in [0.1, 0.15) is 58.8 Å². The average molecular weight is 524 g/mol. The first-order valence-corrected chi connectivity index (χ1v) is 13.2. The van der Waals surface area contributed by atoms with Crippen LogP contribution in [0, 0.1) is 13.8 Å². The van der Waals surface area contributed by atoms with Gasteiger partial charge in [-0.15, -0.1) is 0 Å². The first-order chi connectivity index (χ1) is 17.3. The molecular formula is C27H30ClN5O2S. The minimum atomic E-state index is -0.454. The molecule has 0 aliphatic rings. The Morgan fingerprint density at radius 1 is 1.19 bits per heavy atom. The predicted octanol–water partition coefficient (Wildman–Crippen LogP) is 5.11. The number of halogens is 1. The van der Waals surface area contributed by atoms with Crippen molar-refractivity contribution in [3.05, 3.63) is 92.1 Å². The summed E-state index contributed by atoms with van der Waals surface area (Å²) in [4.78, 5) is 34.9. The Balaban J connectivity index is 1.88. The van der Waals surface area contributed by atoms with Crippen LogP contribution in [0.5, 0.6) is 0 Å². The molecule has 4 aromatic rings. The number of amides is 1. The van der Waals surface area contributed by atoms with Crippen molar-refractivity contribution in [1.29, 1.82) is 0 Å². The third kappa shape index (κ3) is 5.21. The second-order valence-electron chi connectivity index (χ2n) is 8.84. The van der Waals surface area contributed by atoms with E-state index in [1.54, 1.807) is 21.6 Å². The Kier molecular flexibility index (Phi) is 8.18. The van der Waals surface area contributed by atoms with E-state index in [1.165, 1.54) is 11.5 Å². The highest BCUT2D eigenvalue weighted by Gasteiger charge is 2.30. The van der Waals surface area contributed by atoms with E-state index in [2.05, 4.69) is 4.37 Å². The van der Waals surface area contributed by atoms with Gasteiger partial charge in [0.15, 0.2) is 4.83 Å². The van der Waals surface area contributed by atoms with Gasteiger partial charge in [0.2, 0.25) is 0 Å². The van der Waals surface area contributed by atoms with E-state index in [1.807, 2.05) is 57.2 Å². The molecule has 0 aliphatic heterocycles. The highest BCUT2D eigenvalue weighted by Crippen LogP contribution is 2.29. The van der Waals surface area contributed by atoms with Crippen molar-refractivity contribution in [2.24, 2.45) is 5.73 Å². The fourth-order valence-corrected chi connectivity index (χ4v) is 5.50. The van der Waals surface area contributed by atoms with Crippen LogP contribution in [0.2, 0.25) is 5.02 Å². The second kappa shape index (κ2) is 11.3. The molecule has 2 heterocycles. The molecule has 1 amide bonds. The summed E-state index contributed by atoms with van der Waals surface area (Å²) in [5.41, 5.74) is 8.72. The molecule has 2 N–H and O–H groups in total. The Bertz CT molecular complexity index is 1430. The van der Waals surface area contributed by atoms with Crippen LogP contribution in [-0.4, -0.2) is 37.8 Å². The van der Waals surface area contributed by atoms with Crippen LogP contribution >= 0.6 is 23.1 Å². The average Bonchev–Trinajstić information content (AvgIpc) is 3.24. The molecule has 4 rings (SSSR count). The van der Waals surface area contributed by atoms with Gasteiger partial charge in [0.1, 0.15) is 5.82 Å². The number of rotatable bonds is 9. The second-order valence-corrected chi connectivity index (χ2v) is 10.0. The maximum absolute atomic E-state index is 13.9. The molecule has 1 atom stereocenters. The van der Waals surface area contributed by atoms with E-state index in [4.69, 9.17) is 22.3 Å². The maximum Gasteiger partial charge on any atom is 0.264 e. The molecule has 7 nitrogen and oxygen atoms in total. The van der Waals surface area contributed by atoms with E-state index < -0.39 is 6.04 Å². The Morgan fingerprint density at radius 2 is 1.94 bits per heavy atom. The number of hydrogen-bond acceptors (Lipinski definition) is 6. The molecule has 0 saturated carbocycles. The molecule has 0 bridgehead atoms. The summed E-state index contributed by atoms with van der Waals surface area (Å²) in [6, 6.07) is 14.7. The molecule has 2 aromatic carbocycles. The monoisotopic (exact) mass is 523 g/mol. The number of nitrogens with zero attached hydrogens (tertiary/aromatic N) is 4. The zero-order valence-corrected chi connectivity index (χ0v) is 22.3. The third-order valence-corrected chi connectivity index (χ3v) is 7.41. The highest BCUT2D eigenvalue weighted by molar-refractivity contribution is 7.12. The number of nitrogens with two attached hydrogens (primary N) is 1. The van der Waals surface area contributed by atoms with Crippen molar-refractivity contribution < 1.29 is 4.79 Å². The molecular weight excluding hydrogens is 494 g/mol. The summed E-state index contributed by atoms with van der Waals surface area (Å²) in [5.74, 6) is 0.331. The molecule has 0 fully saturated rings. The van der Waals surface area contributed by atoms with Crippen molar-refractivity contribution in [1.82, 2.24) is 18.8 Å². The van der Waals surface area contributed by atoms with Crippen molar-refractivity contribution in [3.8, 4) is 0 Å². The van der Waals surface area contributed by atoms with Gasteiger partial charge < -0.3 is 10.6 Å². The van der Waals surface area contributed by atoms with Gasteiger partial charge in [0.05, 0.1) is 34.3 Å². The maximum atomic E-state index is 13.9. The standard InChI is InChI=1S/C27H30ClN5O2S/c1-4-22(32(14-8-13-29)26(34)20-12-11-17(2)15-21(20)28)24-30-25-23(18(3)31-36-25)27(35)33(24)16-19-9-6-5-7-10-19/h5-7,9-12,15,22H,4,8,13-14,16,29H2,1-3H3. The number of benzene rings is 2. The number of hydrogen-bond donors (Lipinski definition) is 1. The smallest absolute Gasteiger partial charge is 0.264 e. The minimum absolute atomic E-state index is 0.150. The van der Waals surface area contributed by atoms with E-state index in [0.717, 1.165) is 11.1 Å². The van der Waals surface area contributed by atoms with Gasteiger partial charge in [-0.2, -0.15) is 4.37 Å². The molecule has 2 aromatic heterocycles. The molecule has 0 radical (unpaired) electrons. The van der Waals surface area contributed by atoms with Crippen molar-refractivity contribution >= 4 is 39.3 Å². The first kappa shape index (κ1) is 26.0. The van der Waals surface area contributed by atoms with Gasteiger partial charge in [-0.25, -0.2) is 4.98 Å². The Morgan fingerprint density at radius 3 is 2.61 bits per heavy atom. The van der Waals surface area contributed by atoms with Crippen LogP contribution in [0.15, 0.2) is 53.3 Å². The summed E-state index contributed by atoms with van der Waals surface area (Å²) in [7, 11) is 0. The quantitative estimate of drug-likeness (QED) is 0.329. The number of carbonyl (C=O) groups is 1. The number of fused-ring (bicyclic) bond motifs is 1. The lowest BCUT2D eigenvalue weighted by Gasteiger charge is -2.32. The summed E-state index contributed by atoms with van der Waals surface area (Å²) < 4.78 is 6.07. The largest absolute Gasteiger partial charge is 0.330 e. The Labute approximate surface area is 219 Å². The van der Waals surface area contributed by atoms with Gasteiger partial charge >= 0.3 is 0 Å². The summed E-state index contributed by atoms with van der Waals surface area (Å²) in [6.45, 7) is 6.93. The first-order valence-electron chi connectivity index (χ1n) is 12.0. The molecule has 1 unspecified atom stereocenters. The molecule has 0 spiro atoms. The fraction of sp³-hybridized carbons (Fsp3) is 0.333.